The van der Waals surface area contributed by atoms with Crippen LogP contribution in [0.15, 0.2) is 72.8 Å². The lowest BCUT2D eigenvalue weighted by molar-refractivity contribution is -0.648. The number of anilines is 1. The van der Waals surface area contributed by atoms with Gasteiger partial charge in [0.2, 0.25) is 0 Å². The molecule has 1 aromatic heterocycles. The van der Waals surface area contributed by atoms with Crippen LogP contribution in [0.4, 0.5) is 11.6 Å². The molecule has 2 N–H and O–H groups in total. The summed E-state index contributed by atoms with van der Waals surface area (Å²) in [5.74, 6) is 0.261. The standard InChI is InChI=1S/C22H17ClN4O3/c23-17-9-5-15(6-10-17)13-25-19-3-1-2-4-20(19)26(22(25)24)14-21(28)16-7-11-18(12-8-16)27(29)30/h1-12,24H,13-14H2/p+1. The van der Waals surface area contributed by atoms with E-state index in [1.54, 1.807) is 4.57 Å². The average Bonchev–Trinajstić information content (AvgIpc) is 3.01. The molecule has 0 fully saturated rings. The molecule has 150 valence electrons. The number of carbonyl (C=O) groups excluding carboxylic acids is 1. The molecular weight excluding hydrogens is 404 g/mol. The minimum absolute atomic E-state index is 0.0256. The number of hydrogen-bond acceptors (Lipinski definition) is 4. The van der Waals surface area contributed by atoms with Crippen LogP contribution in [-0.4, -0.2) is 15.3 Å². The van der Waals surface area contributed by atoms with Crippen molar-refractivity contribution in [3.8, 4) is 0 Å². The molecule has 0 spiro atoms. The van der Waals surface area contributed by atoms with Crippen LogP contribution in [0.1, 0.15) is 15.9 Å². The molecule has 0 saturated heterocycles. The zero-order valence-electron chi connectivity index (χ0n) is 15.9. The molecule has 30 heavy (non-hydrogen) atoms. The molecule has 4 rings (SSSR count). The first kappa shape index (κ1) is 19.6. The van der Waals surface area contributed by atoms with Crippen LogP contribution in [0.25, 0.3) is 11.0 Å². The van der Waals surface area contributed by atoms with E-state index in [2.05, 4.69) is 0 Å². The van der Waals surface area contributed by atoms with Gasteiger partial charge in [-0.15, -0.1) is 0 Å². The molecule has 0 unspecified atom stereocenters. The first-order chi connectivity index (χ1) is 14.4. The number of carbonyl (C=O) groups is 1. The third-order valence-electron chi connectivity index (χ3n) is 4.97. The predicted octanol–water partition coefficient (Wildman–Crippen LogP) is 4.00. The highest BCUT2D eigenvalue weighted by atomic mass is 35.5. The van der Waals surface area contributed by atoms with Gasteiger partial charge in [0.1, 0.15) is 17.6 Å². The number of para-hydroxylation sites is 2. The highest BCUT2D eigenvalue weighted by Crippen LogP contribution is 2.19. The van der Waals surface area contributed by atoms with Crippen molar-refractivity contribution in [2.75, 3.05) is 5.73 Å². The fraction of sp³-hybridized carbons (Fsp3) is 0.0909. The number of nitrogens with zero attached hydrogens (tertiary/aromatic N) is 3. The van der Waals surface area contributed by atoms with Gasteiger partial charge in [-0.3, -0.25) is 20.6 Å². The lowest BCUT2D eigenvalue weighted by Gasteiger charge is -2.04. The Balaban J connectivity index is 1.68. The van der Waals surface area contributed by atoms with Crippen LogP contribution in [0.5, 0.6) is 0 Å². The van der Waals surface area contributed by atoms with Crippen molar-refractivity contribution in [1.82, 2.24) is 4.57 Å². The number of nitrogens with two attached hydrogens (primary N) is 1. The molecule has 0 bridgehead atoms. The van der Waals surface area contributed by atoms with Crippen LogP contribution in [0.3, 0.4) is 0 Å². The van der Waals surface area contributed by atoms with E-state index >= 15 is 0 Å². The molecule has 0 atom stereocenters. The molecule has 0 amide bonds. The molecule has 0 radical (unpaired) electrons. The summed E-state index contributed by atoms with van der Waals surface area (Å²) in [5, 5.41) is 11.5. The highest BCUT2D eigenvalue weighted by Gasteiger charge is 2.23. The molecule has 0 aliphatic heterocycles. The van der Waals surface area contributed by atoms with Gasteiger partial charge in [-0.1, -0.05) is 35.9 Å². The molecular formula is C22H18ClN4O3+. The number of nitro groups is 1. The zero-order chi connectivity index (χ0) is 21.3. The van der Waals surface area contributed by atoms with Crippen molar-refractivity contribution in [3.05, 3.63) is 99.1 Å². The molecule has 7 nitrogen and oxygen atoms in total. The Morgan fingerprint density at radius 3 is 2.37 bits per heavy atom. The van der Waals surface area contributed by atoms with Crippen molar-refractivity contribution < 1.29 is 14.3 Å². The number of hydrogen-bond donors (Lipinski definition) is 1. The van der Waals surface area contributed by atoms with Crippen LogP contribution >= 0.6 is 11.6 Å². The largest absolute Gasteiger partial charge is 0.356 e. The first-order valence-electron chi connectivity index (χ1n) is 9.22. The molecule has 0 saturated carbocycles. The van der Waals surface area contributed by atoms with Gasteiger partial charge in [-0.2, -0.15) is 0 Å². The van der Waals surface area contributed by atoms with Gasteiger partial charge in [0, 0.05) is 22.7 Å². The number of nitro benzene ring substituents is 1. The molecule has 0 aliphatic rings. The number of ketones is 1. The number of rotatable bonds is 6. The second-order valence-electron chi connectivity index (χ2n) is 6.87. The van der Waals surface area contributed by atoms with E-state index in [4.69, 9.17) is 17.3 Å². The number of nitrogen functional groups attached to an aromatic ring is 1. The van der Waals surface area contributed by atoms with Gasteiger partial charge >= 0.3 is 5.95 Å². The monoisotopic (exact) mass is 421 g/mol. The Hall–Kier alpha value is -3.71. The van der Waals surface area contributed by atoms with Crippen molar-refractivity contribution >= 4 is 40.1 Å². The number of halogens is 1. The van der Waals surface area contributed by atoms with Crippen molar-refractivity contribution in [1.29, 1.82) is 0 Å². The molecule has 1 heterocycles. The van der Waals surface area contributed by atoms with Crippen LogP contribution < -0.4 is 10.3 Å². The predicted molar refractivity (Wildman–Crippen MR) is 115 cm³/mol. The second-order valence-corrected chi connectivity index (χ2v) is 7.31. The van der Waals surface area contributed by atoms with Gasteiger partial charge < -0.3 is 0 Å². The normalized spacial score (nSPS) is 11.0. The van der Waals surface area contributed by atoms with E-state index in [1.807, 2.05) is 53.1 Å². The summed E-state index contributed by atoms with van der Waals surface area (Å²) >= 11 is 5.98. The Bertz CT molecular complexity index is 1250. The quantitative estimate of drug-likeness (QED) is 0.220. The summed E-state index contributed by atoms with van der Waals surface area (Å²) in [7, 11) is 0. The van der Waals surface area contributed by atoms with Gasteiger partial charge in [0.25, 0.3) is 5.69 Å². The Morgan fingerprint density at radius 2 is 1.70 bits per heavy atom. The maximum Gasteiger partial charge on any atom is 0.356 e. The molecule has 8 heteroatoms. The van der Waals surface area contributed by atoms with E-state index in [0.717, 1.165) is 16.6 Å². The van der Waals surface area contributed by atoms with Crippen LogP contribution in [0.2, 0.25) is 5.02 Å². The van der Waals surface area contributed by atoms with E-state index in [0.29, 0.717) is 23.1 Å². The van der Waals surface area contributed by atoms with E-state index < -0.39 is 4.92 Å². The van der Waals surface area contributed by atoms with Crippen molar-refractivity contribution in [2.45, 2.75) is 13.1 Å². The molecule has 3 aromatic carbocycles. The first-order valence-corrected chi connectivity index (χ1v) is 9.60. The van der Waals surface area contributed by atoms with Gasteiger partial charge in [0.05, 0.1) is 11.5 Å². The van der Waals surface area contributed by atoms with E-state index in [-0.39, 0.29) is 18.0 Å². The minimum Gasteiger partial charge on any atom is -0.291 e. The number of aromatic nitrogens is 2. The zero-order valence-corrected chi connectivity index (χ0v) is 16.6. The topological polar surface area (TPSA) is 95.0 Å². The fourth-order valence-electron chi connectivity index (χ4n) is 3.42. The number of non-ortho nitro benzene ring substituents is 1. The summed E-state index contributed by atoms with van der Waals surface area (Å²) in [4.78, 5) is 23.2. The summed E-state index contributed by atoms with van der Waals surface area (Å²) in [6, 6.07) is 20.8. The maximum absolute atomic E-state index is 12.8. The summed E-state index contributed by atoms with van der Waals surface area (Å²) < 4.78 is 3.71. The van der Waals surface area contributed by atoms with Crippen LogP contribution in [0, 0.1) is 10.1 Å². The second kappa shape index (κ2) is 7.96. The number of Topliss-reactive ketones (excluding diaryl/α,β-unsaturated/α-hetero) is 1. The molecule has 0 aliphatic carbocycles. The summed E-state index contributed by atoms with van der Waals surface area (Å²) in [6.45, 7) is 0.556. The Kier molecular flexibility index (Phi) is 5.20. The number of imidazole rings is 1. The van der Waals surface area contributed by atoms with E-state index in [9.17, 15) is 14.9 Å². The smallest absolute Gasteiger partial charge is 0.291 e. The minimum atomic E-state index is -0.495. The Labute approximate surface area is 177 Å². The fourth-order valence-corrected chi connectivity index (χ4v) is 3.55. The summed E-state index contributed by atoms with van der Waals surface area (Å²) in [6.07, 6.45) is 0. The van der Waals surface area contributed by atoms with Gasteiger partial charge in [-0.25, -0.2) is 9.13 Å². The van der Waals surface area contributed by atoms with Gasteiger partial charge in [-0.05, 0) is 42.0 Å². The summed E-state index contributed by atoms with van der Waals surface area (Å²) in [5.41, 5.74) is 9.54. The third-order valence-corrected chi connectivity index (χ3v) is 5.22. The lowest BCUT2D eigenvalue weighted by atomic mass is 10.1. The van der Waals surface area contributed by atoms with Crippen LogP contribution in [-0.2, 0) is 13.1 Å². The van der Waals surface area contributed by atoms with Gasteiger partial charge in [0.15, 0.2) is 5.78 Å². The SMILES string of the molecule is Nc1n(CC(=O)c2ccc([N+](=O)[O-])cc2)c2ccccc2[n+]1Cc1ccc(Cl)cc1. The van der Waals surface area contributed by atoms with Crippen molar-refractivity contribution in [3.63, 3.8) is 0 Å². The maximum atomic E-state index is 12.8. The van der Waals surface area contributed by atoms with Crippen molar-refractivity contribution in [2.24, 2.45) is 0 Å². The highest BCUT2D eigenvalue weighted by molar-refractivity contribution is 6.30. The third kappa shape index (κ3) is 3.75. The Morgan fingerprint density at radius 1 is 1.03 bits per heavy atom. The lowest BCUT2D eigenvalue weighted by Crippen LogP contribution is -2.37. The van der Waals surface area contributed by atoms with E-state index in [1.165, 1.54) is 24.3 Å². The number of fused-ring (bicyclic) bond motifs is 1. The number of benzene rings is 3. The molecule has 4 aromatic rings. The average molecular weight is 422 g/mol.